The molecule has 0 unspecified atom stereocenters. The van der Waals surface area contributed by atoms with Crippen molar-refractivity contribution in [3.05, 3.63) is 23.7 Å². The summed E-state index contributed by atoms with van der Waals surface area (Å²) >= 11 is 0. The lowest BCUT2D eigenvalue weighted by Gasteiger charge is -2.01. The van der Waals surface area contributed by atoms with Gasteiger partial charge in [-0.3, -0.25) is 0 Å². The first kappa shape index (κ1) is 8.23. The summed E-state index contributed by atoms with van der Waals surface area (Å²) in [4.78, 5) is 8.55. The molecular formula is C10H12N2O. The quantitative estimate of drug-likeness (QED) is 0.670. The van der Waals surface area contributed by atoms with Crippen LogP contribution in [-0.4, -0.2) is 9.97 Å². The molecule has 0 atom stereocenters. The molecule has 0 saturated heterocycles. The third kappa shape index (κ3) is 1.41. The lowest BCUT2D eigenvalue weighted by atomic mass is 10.1. The SMILES string of the molecule is Cc1nc2ccc(C(C)C)nc2o1. The van der Waals surface area contributed by atoms with Crippen LogP contribution in [0.25, 0.3) is 11.2 Å². The number of fused-ring (bicyclic) bond motifs is 1. The summed E-state index contributed by atoms with van der Waals surface area (Å²) in [5, 5.41) is 0. The summed E-state index contributed by atoms with van der Waals surface area (Å²) in [7, 11) is 0. The van der Waals surface area contributed by atoms with Crippen LogP contribution in [0.4, 0.5) is 0 Å². The first-order valence-electron chi connectivity index (χ1n) is 4.41. The molecule has 0 N–H and O–H groups in total. The average molecular weight is 176 g/mol. The molecule has 0 aromatic carbocycles. The second-order valence-electron chi connectivity index (χ2n) is 3.45. The topological polar surface area (TPSA) is 38.9 Å². The minimum Gasteiger partial charge on any atom is -0.423 e. The lowest BCUT2D eigenvalue weighted by Crippen LogP contribution is -1.90. The van der Waals surface area contributed by atoms with Crippen LogP contribution in [0.15, 0.2) is 16.5 Å². The molecule has 0 radical (unpaired) electrons. The summed E-state index contributed by atoms with van der Waals surface area (Å²) in [6.45, 7) is 6.05. The highest BCUT2D eigenvalue weighted by molar-refractivity contribution is 5.68. The molecule has 0 saturated carbocycles. The van der Waals surface area contributed by atoms with Crippen molar-refractivity contribution in [3.8, 4) is 0 Å². The Morgan fingerprint density at radius 3 is 2.69 bits per heavy atom. The predicted molar refractivity (Wildman–Crippen MR) is 50.6 cm³/mol. The zero-order valence-electron chi connectivity index (χ0n) is 8.03. The Morgan fingerprint density at radius 2 is 2.00 bits per heavy atom. The fourth-order valence-corrected chi connectivity index (χ4v) is 1.26. The summed E-state index contributed by atoms with van der Waals surface area (Å²) in [5.41, 5.74) is 2.52. The van der Waals surface area contributed by atoms with E-state index in [9.17, 15) is 0 Å². The Bertz CT molecular complexity index is 431. The molecule has 2 aromatic heterocycles. The largest absolute Gasteiger partial charge is 0.423 e. The van der Waals surface area contributed by atoms with Gasteiger partial charge in [0.1, 0.15) is 5.52 Å². The highest BCUT2D eigenvalue weighted by Gasteiger charge is 2.06. The van der Waals surface area contributed by atoms with E-state index >= 15 is 0 Å². The van der Waals surface area contributed by atoms with Gasteiger partial charge >= 0.3 is 0 Å². The Morgan fingerprint density at radius 1 is 1.23 bits per heavy atom. The summed E-state index contributed by atoms with van der Waals surface area (Å²) < 4.78 is 5.34. The first-order valence-corrected chi connectivity index (χ1v) is 4.41. The monoisotopic (exact) mass is 176 g/mol. The number of aryl methyl sites for hydroxylation is 1. The minimum atomic E-state index is 0.426. The summed E-state index contributed by atoms with van der Waals surface area (Å²) in [5.74, 6) is 1.10. The maximum absolute atomic E-state index is 5.34. The summed E-state index contributed by atoms with van der Waals surface area (Å²) in [6.07, 6.45) is 0. The van der Waals surface area contributed by atoms with E-state index in [0.29, 0.717) is 17.5 Å². The van der Waals surface area contributed by atoms with E-state index < -0.39 is 0 Å². The highest BCUT2D eigenvalue weighted by atomic mass is 16.4. The molecule has 0 fully saturated rings. The van der Waals surface area contributed by atoms with Crippen molar-refractivity contribution < 1.29 is 4.42 Å². The van der Waals surface area contributed by atoms with Crippen molar-refractivity contribution in [2.24, 2.45) is 0 Å². The molecule has 2 rings (SSSR count). The Labute approximate surface area is 76.8 Å². The fraction of sp³-hybridized carbons (Fsp3) is 0.400. The van der Waals surface area contributed by atoms with Crippen LogP contribution in [0.2, 0.25) is 0 Å². The lowest BCUT2D eigenvalue weighted by molar-refractivity contribution is 0.549. The number of hydrogen-bond acceptors (Lipinski definition) is 3. The van der Waals surface area contributed by atoms with Crippen molar-refractivity contribution in [1.29, 1.82) is 0 Å². The molecule has 2 heterocycles. The number of nitrogens with zero attached hydrogens (tertiary/aromatic N) is 2. The van der Waals surface area contributed by atoms with Gasteiger partial charge in [0.05, 0.1) is 0 Å². The number of pyridine rings is 1. The smallest absolute Gasteiger partial charge is 0.247 e. The van der Waals surface area contributed by atoms with Crippen LogP contribution >= 0.6 is 0 Å². The number of aromatic nitrogens is 2. The highest BCUT2D eigenvalue weighted by Crippen LogP contribution is 2.17. The molecule has 13 heavy (non-hydrogen) atoms. The van der Waals surface area contributed by atoms with Crippen LogP contribution in [0.5, 0.6) is 0 Å². The van der Waals surface area contributed by atoms with E-state index in [4.69, 9.17) is 4.42 Å². The zero-order valence-corrected chi connectivity index (χ0v) is 8.03. The molecule has 0 aliphatic carbocycles. The van der Waals surface area contributed by atoms with Crippen LogP contribution < -0.4 is 0 Å². The van der Waals surface area contributed by atoms with E-state index in [1.807, 2.05) is 19.1 Å². The van der Waals surface area contributed by atoms with Gasteiger partial charge < -0.3 is 4.42 Å². The molecular weight excluding hydrogens is 164 g/mol. The molecule has 0 spiro atoms. The van der Waals surface area contributed by atoms with E-state index in [2.05, 4.69) is 23.8 Å². The van der Waals surface area contributed by atoms with Gasteiger partial charge in [-0.25, -0.2) is 9.97 Å². The van der Waals surface area contributed by atoms with E-state index in [1.54, 1.807) is 0 Å². The number of rotatable bonds is 1. The Hall–Kier alpha value is -1.38. The molecule has 0 aliphatic heterocycles. The number of hydrogen-bond donors (Lipinski definition) is 0. The molecule has 0 amide bonds. The first-order chi connectivity index (χ1) is 6.16. The van der Waals surface area contributed by atoms with E-state index in [-0.39, 0.29) is 0 Å². The van der Waals surface area contributed by atoms with E-state index in [0.717, 1.165) is 11.2 Å². The summed E-state index contributed by atoms with van der Waals surface area (Å²) in [6, 6.07) is 3.95. The van der Waals surface area contributed by atoms with Gasteiger partial charge in [-0.15, -0.1) is 0 Å². The fourth-order valence-electron chi connectivity index (χ4n) is 1.26. The Balaban J connectivity index is 2.61. The van der Waals surface area contributed by atoms with Crippen molar-refractivity contribution in [2.75, 3.05) is 0 Å². The maximum Gasteiger partial charge on any atom is 0.247 e. The molecule has 3 heteroatoms. The standard InChI is InChI=1S/C10H12N2O/c1-6(2)8-4-5-9-10(12-8)13-7(3)11-9/h4-6H,1-3H3. The minimum absolute atomic E-state index is 0.426. The van der Waals surface area contributed by atoms with Crippen molar-refractivity contribution >= 4 is 11.2 Å². The van der Waals surface area contributed by atoms with Gasteiger partial charge in [0.2, 0.25) is 5.71 Å². The third-order valence-electron chi connectivity index (χ3n) is 1.98. The molecule has 3 nitrogen and oxygen atoms in total. The van der Waals surface area contributed by atoms with Gasteiger partial charge in [-0.2, -0.15) is 0 Å². The van der Waals surface area contributed by atoms with Crippen LogP contribution in [0, 0.1) is 6.92 Å². The molecule has 0 bridgehead atoms. The third-order valence-corrected chi connectivity index (χ3v) is 1.98. The predicted octanol–water partition coefficient (Wildman–Crippen LogP) is 2.65. The van der Waals surface area contributed by atoms with Gasteiger partial charge in [-0.05, 0) is 18.1 Å². The Kier molecular flexibility index (Phi) is 1.79. The van der Waals surface area contributed by atoms with Gasteiger partial charge in [0.15, 0.2) is 5.89 Å². The number of oxazole rings is 1. The second kappa shape index (κ2) is 2.83. The van der Waals surface area contributed by atoms with Gasteiger partial charge in [0.25, 0.3) is 0 Å². The van der Waals surface area contributed by atoms with Crippen molar-refractivity contribution in [3.63, 3.8) is 0 Å². The van der Waals surface area contributed by atoms with Crippen molar-refractivity contribution in [1.82, 2.24) is 9.97 Å². The van der Waals surface area contributed by atoms with Crippen LogP contribution in [0.3, 0.4) is 0 Å². The van der Waals surface area contributed by atoms with E-state index in [1.165, 1.54) is 0 Å². The van der Waals surface area contributed by atoms with Crippen LogP contribution in [0.1, 0.15) is 31.4 Å². The zero-order chi connectivity index (χ0) is 9.42. The molecule has 68 valence electrons. The molecule has 0 aliphatic rings. The maximum atomic E-state index is 5.34. The van der Waals surface area contributed by atoms with Gasteiger partial charge in [-0.1, -0.05) is 13.8 Å². The van der Waals surface area contributed by atoms with Gasteiger partial charge in [0, 0.05) is 12.6 Å². The average Bonchev–Trinajstić information content (AvgIpc) is 2.42. The second-order valence-corrected chi connectivity index (χ2v) is 3.45. The normalized spacial score (nSPS) is 11.4. The van der Waals surface area contributed by atoms with Crippen LogP contribution in [-0.2, 0) is 0 Å². The molecule has 2 aromatic rings. The van der Waals surface area contributed by atoms with Crippen molar-refractivity contribution in [2.45, 2.75) is 26.7 Å².